The van der Waals surface area contributed by atoms with Crippen molar-refractivity contribution in [2.24, 2.45) is 5.92 Å². The van der Waals surface area contributed by atoms with Gasteiger partial charge in [0, 0.05) is 18.9 Å². The van der Waals surface area contributed by atoms with Gasteiger partial charge in [-0.15, -0.1) is 0 Å². The largest absolute Gasteiger partial charge is 0.334 e. The minimum Gasteiger partial charge on any atom is -0.334 e. The zero-order valence-electron chi connectivity index (χ0n) is 11.9. The normalized spacial score (nSPS) is 18.3. The Morgan fingerprint density at radius 1 is 1.39 bits per heavy atom. The second-order valence-corrected chi connectivity index (χ2v) is 5.46. The summed E-state index contributed by atoms with van der Waals surface area (Å²) in [6, 6.07) is 0.447. The van der Waals surface area contributed by atoms with Crippen LogP contribution in [0.25, 0.3) is 0 Å². The highest BCUT2D eigenvalue weighted by atomic mass is 15.1. The first kappa shape index (κ1) is 13.6. The summed E-state index contributed by atoms with van der Waals surface area (Å²) < 4.78 is 2.28. The van der Waals surface area contributed by atoms with Crippen molar-refractivity contribution in [3.05, 3.63) is 18.2 Å². The molecule has 1 N–H and O–H groups in total. The molecule has 3 nitrogen and oxygen atoms in total. The molecule has 2 rings (SSSR count). The molecule has 3 heteroatoms. The lowest BCUT2D eigenvalue weighted by Gasteiger charge is -2.22. The standard InChI is InChI=1S/C15H27N3/c1-3-9-16-14(12-13-7-5-6-8-13)15-17-10-11-18(15)4-2/h10-11,13-14,16H,3-9,12H2,1-2H3. The van der Waals surface area contributed by atoms with Gasteiger partial charge in [-0.3, -0.25) is 0 Å². The Labute approximate surface area is 111 Å². The van der Waals surface area contributed by atoms with Crippen LogP contribution in [0.3, 0.4) is 0 Å². The number of rotatable bonds is 7. The third kappa shape index (κ3) is 3.35. The van der Waals surface area contributed by atoms with E-state index in [0.29, 0.717) is 6.04 Å². The maximum atomic E-state index is 4.58. The van der Waals surface area contributed by atoms with Crippen LogP contribution in [-0.4, -0.2) is 16.1 Å². The molecule has 18 heavy (non-hydrogen) atoms. The van der Waals surface area contributed by atoms with Crippen LogP contribution < -0.4 is 5.32 Å². The number of nitrogens with one attached hydrogen (secondary N) is 1. The van der Waals surface area contributed by atoms with Gasteiger partial charge in [-0.2, -0.15) is 0 Å². The van der Waals surface area contributed by atoms with E-state index in [9.17, 15) is 0 Å². The van der Waals surface area contributed by atoms with E-state index in [0.717, 1.165) is 19.0 Å². The summed E-state index contributed by atoms with van der Waals surface area (Å²) in [5.74, 6) is 2.14. The van der Waals surface area contributed by atoms with E-state index in [1.165, 1.54) is 44.3 Å². The molecule has 0 saturated heterocycles. The van der Waals surface area contributed by atoms with E-state index in [1.807, 2.05) is 6.20 Å². The van der Waals surface area contributed by atoms with Crippen LogP contribution in [-0.2, 0) is 6.54 Å². The highest BCUT2D eigenvalue weighted by Crippen LogP contribution is 2.32. The van der Waals surface area contributed by atoms with E-state index in [4.69, 9.17) is 0 Å². The fourth-order valence-electron chi connectivity index (χ4n) is 3.08. The Kier molecular flexibility index (Phi) is 5.24. The highest BCUT2D eigenvalue weighted by molar-refractivity contribution is 5.00. The maximum absolute atomic E-state index is 4.58. The van der Waals surface area contributed by atoms with Gasteiger partial charge in [0.25, 0.3) is 0 Å². The van der Waals surface area contributed by atoms with E-state index in [-0.39, 0.29) is 0 Å². The molecule has 1 fully saturated rings. The molecular formula is C15H27N3. The SMILES string of the molecule is CCCNC(CC1CCCC1)c1nccn1CC. The minimum atomic E-state index is 0.447. The van der Waals surface area contributed by atoms with Crippen molar-refractivity contribution in [3.63, 3.8) is 0 Å². The van der Waals surface area contributed by atoms with Gasteiger partial charge in [-0.05, 0) is 32.2 Å². The quantitative estimate of drug-likeness (QED) is 0.801. The molecule has 1 unspecified atom stereocenters. The molecule has 1 aromatic rings. The monoisotopic (exact) mass is 249 g/mol. The first-order valence-electron chi connectivity index (χ1n) is 7.59. The van der Waals surface area contributed by atoms with Gasteiger partial charge in [-0.1, -0.05) is 32.6 Å². The second kappa shape index (κ2) is 6.93. The fraction of sp³-hybridized carbons (Fsp3) is 0.800. The number of hydrogen-bond acceptors (Lipinski definition) is 2. The van der Waals surface area contributed by atoms with Crippen LogP contribution in [0.2, 0.25) is 0 Å². The number of nitrogens with zero attached hydrogens (tertiary/aromatic N) is 2. The van der Waals surface area contributed by atoms with Crippen LogP contribution in [0.15, 0.2) is 12.4 Å². The Morgan fingerprint density at radius 2 is 2.17 bits per heavy atom. The average Bonchev–Trinajstić information content (AvgIpc) is 3.04. The minimum absolute atomic E-state index is 0.447. The molecule has 0 spiro atoms. The van der Waals surface area contributed by atoms with E-state index in [2.05, 4.69) is 34.9 Å². The first-order chi connectivity index (χ1) is 8.85. The average molecular weight is 249 g/mol. The summed E-state index contributed by atoms with van der Waals surface area (Å²) in [7, 11) is 0. The van der Waals surface area contributed by atoms with Crippen LogP contribution in [0.4, 0.5) is 0 Å². The molecule has 1 aliphatic carbocycles. The summed E-state index contributed by atoms with van der Waals surface area (Å²) in [4.78, 5) is 4.58. The lowest BCUT2D eigenvalue weighted by Crippen LogP contribution is -2.27. The summed E-state index contributed by atoms with van der Waals surface area (Å²) in [6.45, 7) is 6.53. The van der Waals surface area contributed by atoms with Crippen molar-refractivity contribution < 1.29 is 0 Å². The molecule has 102 valence electrons. The first-order valence-corrected chi connectivity index (χ1v) is 7.59. The Bertz CT molecular complexity index is 339. The molecule has 1 heterocycles. The van der Waals surface area contributed by atoms with Gasteiger partial charge in [0.2, 0.25) is 0 Å². The predicted octanol–water partition coefficient (Wildman–Crippen LogP) is 3.52. The molecule has 1 aromatic heterocycles. The zero-order chi connectivity index (χ0) is 12.8. The molecule has 1 atom stereocenters. The topological polar surface area (TPSA) is 29.9 Å². The molecule has 1 aliphatic rings. The summed E-state index contributed by atoms with van der Waals surface area (Å²) in [6.07, 6.45) is 12.2. The van der Waals surface area contributed by atoms with Gasteiger partial charge < -0.3 is 9.88 Å². The van der Waals surface area contributed by atoms with Gasteiger partial charge in [0.05, 0.1) is 6.04 Å². The number of hydrogen-bond donors (Lipinski definition) is 1. The van der Waals surface area contributed by atoms with E-state index >= 15 is 0 Å². The maximum Gasteiger partial charge on any atom is 0.125 e. The number of imidazole rings is 1. The lowest BCUT2D eigenvalue weighted by atomic mass is 9.97. The van der Waals surface area contributed by atoms with E-state index < -0.39 is 0 Å². The predicted molar refractivity (Wildman–Crippen MR) is 75.5 cm³/mol. The Hall–Kier alpha value is -0.830. The van der Waals surface area contributed by atoms with Crippen LogP contribution in [0, 0.1) is 5.92 Å². The molecule has 0 aliphatic heterocycles. The summed E-state index contributed by atoms with van der Waals surface area (Å²) in [5, 5.41) is 3.69. The summed E-state index contributed by atoms with van der Waals surface area (Å²) in [5.41, 5.74) is 0. The van der Waals surface area contributed by atoms with Crippen molar-refractivity contribution in [2.45, 2.75) is 65.0 Å². The van der Waals surface area contributed by atoms with Crippen molar-refractivity contribution in [3.8, 4) is 0 Å². The molecular weight excluding hydrogens is 222 g/mol. The van der Waals surface area contributed by atoms with Crippen LogP contribution in [0.1, 0.15) is 64.2 Å². The highest BCUT2D eigenvalue weighted by Gasteiger charge is 2.23. The second-order valence-electron chi connectivity index (χ2n) is 5.46. The zero-order valence-corrected chi connectivity index (χ0v) is 11.9. The van der Waals surface area contributed by atoms with Crippen molar-refractivity contribution in [1.29, 1.82) is 0 Å². The molecule has 0 amide bonds. The summed E-state index contributed by atoms with van der Waals surface area (Å²) >= 11 is 0. The molecule has 1 saturated carbocycles. The lowest BCUT2D eigenvalue weighted by molar-refractivity contribution is 0.374. The van der Waals surface area contributed by atoms with E-state index in [1.54, 1.807) is 0 Å². The Balaban J connectivity index is 2.03. The molecule has 0 aromatic carbocycles. The van der Waals surface area contributed by atoms with Crippen molar-refractivity contribution in [2.75, 3.05) is 6.54 Å². The van der Waals surface area contributed by atoms with Gasteiger partial charge in [0.1, 0.15) is 5.82 Å². The van der Waals surface area contributed by atoms with Crippen molar-refractivity contribution in [1.82, 2.24) is 14.9 Å². The Morgan fingerprint density at radius 3 is 2.83 bits per heavy atom. The number of aromatic nitrogens is 2. The fourth-order valence-corrected chi connectivity index (χ4v) is 3.08. The molecule has 0 bridgehead atoms. The van der Waals surface area contributed by atoms with Crippen LogP contribution in [0.5, 0.6) is 0 Å². The van der Waals surface area contributed by atoms with Gasteiger partial charge in [-0.25, -0.2) is 4.98 Å². The third-order valence-electron chi connectivity index (χ3n) is 4.08. The van der Waals surface area contributed by atoms with Crippen molar-refractivity contribution >= 4 is 0 Å². The number of aryl methyl sites for hydroxylation is 1. The van der Waals surface area contributed by atoms with Crippen LogP contribution >= 0.6 is 0 Å². The third-order valence-corrected chi connectivity index (χ3v) is 4.08. The van der Waals surface area contributed by atoms with Gasteiger partial charge in [0.15, 0.2) is 0 Å². The molecule has 0 radical (unpaired) electrons. The smallest absolute Gasteiger partial charge is 0.125 e. The van der Waals surface area contributed by atoms with Gasteiger partial charge >= 0.3 is 0 Å².